The van der Waals surface area contributed by atoms with Gasteiger partial charge in [0.2, 0.25) is 0 Å². The molecule has 0 aliphatic carbocycles. The second-order valence-electron chi connectivity index (χ2n) is 2.24. The van der Waals surface area contributed by atoms with E-state index in [2.05, 4.69) is 9.97 Å². The van der Waals surface area contributed by atoms with Crippen LogP contribution in [0.1, 0.15) is 10.4 Å². The molecule has 1 heterocycles. The molecule has 0 saturated heterocycles. The van der Waals surface area contributed by atoms with Crippen LogP contribution in [0.2, 0.25) is 0 Å². The fraction of sp³-hybridized carbons (Fsp3) is 0.143. The number of carboxylic acid groups (broad SMARTS) is 2. The van der Waals surface area contributed by atoms with Crippen LogP contribution in [0.3, 0.4) is 0 Å². The molecule has 0 fully saturated rings. The Balaban J connectivity index is 0.000000293. The zero-order valence-corrected chi connectivity index (χ0v) is 7.47. The van der Waals surface area contributed by atoms with Crippen molar-refractivity contribution in [3.8, 4) is 0 Å². The predicted octanol–water partition coefficient (Wildman–Crippen LogP) is 0.808. The first-order valence-electron chi connectivity index (χ1n) is 3.53. The van der Waals surface area contributed by atoms with Crippen LogP contribution in [-0.2, 0) is 4.79 Å². The minimum atomic E-state index is -5.08. The number of aliphatic carboxylic acids is 1. The molecular formula is C7H5F3N2O4. The van der Waals surface area contributed by atoms with Gasteiger partial charge in [-0.2, -0.15) is 13.2 Å². The van der Waals surface area contributed by atoms with Crippen molar-refractivity contribution in [3.05, 3.63) is 24.3 Å². The van der Waals surface area contributed by atoms with Crippen LogP contribution >= 0.6 is 0 Å². The monoisotopic (exact) mass is 238 g/mol. The third-order valence-corrected chi connectivity index (χ3v) is 1.05. The zero-order valence-electron chi connectivity index (χ0n) is 7.47. The van der Waals surface area contributed by atoms with Gasteiger partial charge < -0.3 is 10.2 Å². The first-order chi connectivity index (χ1) is 7.25. The van der Waals surface area contributed by atoms with Gasteiger partial charge in [-0.05, 0) is 0 Å². The molecule has 9 heteroatoms. The van der Waals surface area contributed by atoms with Gasteiger partial charge in [-0.25, -0.2) is 19.6 Å². The normalized spacial score (nSPS) is 9.94. The van der Waals surface area contributed by atoms with Gasteiger partial charge >= 0.3 is 18.1 Å². The molecule has 0 radical (unpaired) electrons. The van der Waals surface area contributed by atoms with Crippen LogP contribution in [0.5, 0.6) is 0 Å². The Morgan fingerprint density at radius 2 is 1.50 bits per heavy atom. The summed E-state index contributed by atoms with van der Waals surface area (Å²) < 4.78 is 31.7. The number of nitrogens with zero attached hydrogens (tertiary/aromatic N) is 2. The minimum absolute atomic E-state index is 0.109. The van der Waals surface area contributed by atoms with E-state index < -0.39 is 18.1 Å². The second-order valence-corrected chi connectivity index (χ2v) is 2.24. The Labute approximate surface area is 86.4 Å². The quantitative estimate of drug-likeness (QED) is 0.750. The van der Waals surface area contributed by atoms with Crippen molar-refractivity contribution in [2.45, 2.75) is 6.18 Å². The number of carbonyl (C=O) groups is 2. The van der Waals surface area contributed by atoms with Crippen molar-refractivity contribution in [3.63, 3.8) is 0 Å². The number of alkyl halides is 3. The molecule has 1 aromatic heterocycles. The van der Waals surface area contributed by atoms with Crippen LogP contribution in [0, 0.1) is 0 Å². The molecule has 0 saturated carbocycles. The minimum Gasteiger partial charge on any atom is -0.478 e. The van der Waals surface area contributed by atoms with Gasteiger partial charge in [0.05, 0.1) is 5.56 Å². The number of halogens is 3. The molecule has 2 N–H and O–H groups in total. The van der Waals surface area contributed by atoms with Crippen molar-refractivity contribution in [1.82, 2.24) is 9.97 Å². The molecule has 16 heavy (non-hydrogen) atoms. The highest BCUT2D eigenvalue weighted by Gasteiger charge is 2.38. The second kappa shape index (κ2) is 5.63. The van der Waals surface area contributed by atoms with Crippen molar-refractivity contribution >= 4 is 11.9 Å². The van der Waals surface area contributed by atoms with E-state index in [0.717, 1.165) is 0 Å². The van der Waals surface area contributed by atoms with Crippen molar-refractivity contribution in [1.29, 1.82) is 0 Å². The Hall–Kier alpha value is -2.19. The third kappa shape index (κ3) is 5.52. The van der Waals surface area contributed by atoms with E-state index in [1.807, 2.05) is 0 Å². The SMILES string of the molecule is O=C(O)C(F)(F)F.O=C(O)c1cncnc1. The number of carboxylic acids is 2. The smallest absolute Gasteiger partial charge is 0.478 e. The van der Waals surface area contributed by atoms with Gasteiger partial charge in [-0.15, -0.1) is 0 Å². The van der Waals surface area contributed by atoms with E-state index in [9.17, 15) is 18.0 Å². The molecule has 0 unspecified atom stereocenters. The Kier molecular flexibility index (Phi) is 4.86. The maximum Gasteiger partial charge on any atom is 0.490 e. The number of rotatable bonds is 1. The molecule has 88 valence electrons. The van der Waals surface area contributed by atoms with Crippen molar-refractivity contribution < 1.29 is 33.0 Å². The zero-order chi connectivity index (χ0) is 12.8. The van der Waals surface area contributed by atoms with E-state index in [1.165, 1.54) is 18.7 Å². The number of aromatic carboxylic acids is 1. The largest absolute Gasteiger partial charge is 0.490 e. The highest BCUT2D eigenvalue weighted by molar-refractivity contribution is 5.86. The van der Waals surface area contributed by atoms with Crippen molar-refractivity contribution in [2.75, 3.05) is 0 Å². The van der Waals surface area contributed by atoms with Gasteiger partial charge in [0.1, 0.15) is 6.33 Å². The lowest BCUT2D eigenvalue weighted by Gasteiger charge is -1.93. The third-order valence-electron chi connectivity index (χ3n) is 1.05. The summed E-state index contributed by atoms with van der Waals surface area (Å²) in [4.78, 5) is 26.0. The first kappa shape index (κ1) is 13.8. The predicted molar refractivity (Wildman–Crippen MR) is 42.7 cm³/mol. The van der Waals surface area contributed by atoms with E-state index >= 15 is 0 Å². The average molecular weight is 238 g/mol. The number of aromatic nitrogens is 2. The fourth-order valence-electron chi connectivity index (χ4n) is 0.410. The van der Waals surface area contributed by atoms with Crippen LogP contribution in [-0.4, -0.2) is 38.3 Å². The van der Waals surface area contributed by atoms with Crippen LogP contribution in [0.15, 0.2) is 18.7 Å². The molecule has 1 aromatic rings. The summed E-state index contributed by atoms with van der Waals surface area (Å²) >= 11 is 0. The summed E-state index contributed by atoms with van der Waals surface area (Å²) in [5.74, 6) is -3.76. The molecule has 0 bridgehead atoms. The lowest BCUT2D eigenvalue weighted by Crippen LogP contribution is -2.21. The van der Waals surface area contributed by atoms with Gasteiger partial charge in [0, 0.05) is 12.4 Å². The number of hydrogen-bond acceptors (Lipinski definition) is 4. The molecule has 0 spiro atoms. The molecular weight excluding hydrogens is 233 g/mol. The van der Waals surface area contributed by atoms with Gasteiger partial charge in [0.25, 0.3) is 0 Å². The maximum atomic E-state index is 10.6. The highest BCUT2D eigenvalue weighted by atomic mass is 19.4. The lowest BCUT2D eigenvalue weighted by atomic mass is 10.4. The summed E-state index contributed by atoms with van der Waals surface area (Å²) in [7, 11) is 0. The summed E-state index contributed by atoms with van der Waals surface area (Å²) in [6.45, 7) is 0. The molecule has 0 aliphatic heterocycles. The Bertz CT molecular complexity index is 366. The Morgan fingerprint density at radius 1 is 1.12 bits per heavy atom. The molecule has 1 rings (SSSR count). The van der Waals surface area contributed by atoms with Gasteiger partial charge in [-0.3, -0.25) is 0 Å². The summed E-state index contributed by atoms with van der Waals surface area (Å²) in [6, 6.07) is 0. The molecule has 0 amide bonds. The average Bonchev–Trinajstić information content (AvgIpc) is 2.18. The lowest BCUT2D eigenvalue weighted by molar-refractivity contribution is -0.192. The van der Waals surface area contributed by atoms with Crippen LogP contribution in [0.25, 0.3) is 0 Å². The van der Waals surface area contributed by atoms with E-state index in [0.29, 0.717) is 0 Å². The maximum absolute atomic E-state index is 10.6. The molecule has 6 nitrogen and oxygen atoms in total. The standard InChI is InChI=1S/C5H4N2O2.C2HF3O2/c8-5(9)4-1-6-3-7-2-4;3-2(4,5)1(6)7/h1-3H,(H,8,9);(H,6,7). The number of hydrogen-bond donors (Lipinski definition) is 2. The van der Waals surface area contributed by atoms with Crippen LogP contribution in [0.4, 0.5) is 13.2 Å². The molecule has 0 atom stereocenters. The molecule has 0 aromatic carbocycles. The van der Waals surface area contributed by atoms with E-state index in [-0.39, 0.29) is 5.56 Å². The summed E-state index contributed by atoms with van der Waals surface area (Å²) in [5, 5.41) is 15.4. The van der Waals surface area contributed by atoms with Crippen LogP contribution < -0.4 is 0 Å². The van der Waals surface area contributed by atoms with E-state index in [4.69, 9.17) is 15.0 Å². The Morgan fingerprint density at radius 3 is 1.69 bits per heavy atom. The fourth-order valence-corrected chi connectivity index (χ4v) is 0.410. The van der Waals surface area contributed by atoms with E-state index in [1.54, 1.807) is 0 Å². The first-order valence-corrected chi connectivity index (χ1v) is 3.53. The molecule has 0 aliphatic rings. The van der Waals surface area contributed by atoms with Gasteiger partial charge in [-0.1, -0.05) is 0 Å². The topological polar surface area (TPSA) is 100 Å². The summed E-state index contributed by atoms with van der Waals surface area (Å²) in [6.07, 6.45) is -1.31. The van der Waals surface area contributed by atoms with Gasteiger partial charge in [0.15, 0.2) is 0 Å². The van der Waals surface area contributed by atoms with Crippen molar-refractivity contribution in [2.24, 2.45) is 0 Å². The highest BCUT2D eigenvalue weighted by Crippen LogP contribution is 2.13. The summed E-state index contributed by atoms with van der Waals surface area (Å²) in [5.41, 5.74) is 0.109.